The molecule has 1 aliphatic rings. The summed E-state index contributed by atoms with van der Waals surface area (Å²) in [7, 11) is 0. The van der Waals surface area contributed by atoms with Crippen LogP contribution in [0, 0.1) is 0 Å². The van der Waals surface area contributed by atoms with Crippen LogP contribution in [0.3, 0.4) is 0 Å². The third-order valence-electron chi connectivity index (χ3n) is 3.48. The number of rotatable bonds is 5. The largest absolute Gasteiger partial charge is 0.573 e. The molecule has 4 nitrogen and oxygen atoms in total. The number of hydrogen-bond donors (Lipinski definition) is 1. The van der Waals surface area contributed by atoms with Crippen molar-refractivity contribution in [1.29, 1.82) is 0 Å². The van der Waals surface area contributed by atoms with Crippen LogP contribution in [0.1, 0.15) is 29.6 Å². The van der Waals surface area contributed by atoms with E-state index in [2.05, 4.69) is 4.74 Å². The van der Waals surface area contributed by atoms with E-state index in [0.29, 0.717) is 18.7 Å². The van der Waals surface area contributed by atoms with Crippen LogP contribution in [0.25, 0.3) is 0 Å². The second-order valence-electron chi connectivity index (χ2n) is 4.94. The molecule has 1 aliphatic carbocycles. The highest BCUT2D eigenvalue weighted by Crippen LogP contribution is 2.27. The first-order valence-electron chi connectivity index (χ1n) is 6.77. The molecule has 0 atom stereocenters. The number of hydrogen-bond acceptors (Lipinski definition) is 3. The molecule has 2 rings (SSSR count). The summed E-state index contributed by atoms with van der Waals surface area (Å²) in [6.07, 6.45) is -1.76. The van der Waals surface area contributed by atoms with Crippen molar-refractivity contribution in [1.82, 2.24) is 4.90 Å². The van der Waals surface area contributed by atoms with Gasteiger partial charge in [-0.2, -0.15) is 0 Å². The molecule has 0 heterocycles. The number of carbonyl (C=O) groups excluding carboxylic acids is 1. The van der Waals surface area contributed by atoms with E-state index in [9.17, 15) is 18.0 Å². The molecule has 7 heteroatoms. The van der Waals surface area contributed by atoms with Gasteiger partial charge in [-0.1, -0.05) is 0 Å². The molecule has 116 valence electrons. The molecule has 1 saturated carbocycles. The summed E-state index contributed by atoms with van der Waals surface area (Å²) >= 11 is 0. The quantitative estimate of drug-likeness (QED) is 0.909. The van der Waals surface area contributed by atoms with Crippen LogP contribution in [0.4, 0.5) is 13.2 Å². The number of nitrogens with zero attached hydrogens (tertiary/aromatic N) is 1. The molecule has 1 aromatic rings. The number of ether oxygens (including phenoxy) is 1. The van der Waals surface area contributed by atoms with Crippen molar-refractivity contribution >= 4 is 5.91 Å². The second kappa shape index (κ2) is 6.34. The Labute approximate surface area is 120 Å². The van der Waals surface area contributed by atoms with E-state index in [1.807, 2.05) is 0 Å². The first-order valence-corrected chi connectivity index (χ1v) is 6.77. The van der Waals surface area contributed by atoms with Gasteiger partial charge in [-0.3, -0.25) is 4.79 Å². The molecule has 0 unspecified atom stereocenters. The van der Waals surface area contributed by atoms with E-state index in [1.165, 1.54) is 12.1 Å². The molecule has 21 heavy (non-hydrogen) atoms. The van der Waals surface area contributed by atoms with Crippen molar-refractivity contribution in [2.75, 3.05) is 13.1 Å². The van der Waals surface area contributed by atoms with E-state index in [1.54, 1.807) is 4.90 Å². The van der Waals surface area contributed by atoms with Crippen molar-refractivity contribution < 1.29 is 22.7 Å². The van der Waals surface area contributed by atoms with E-state index < -0.39 is 6.36 Å². The lowest BCUT2D eigenvalue weighted by Gasteiger charge is -2.37. The summed E-state index contributed by atoms with van der Waals surface area (Å²) in [5.74, 6) is -0.545. The minimum Gasteiger partial charge on any atom is -0.406 e. The fourth-order valence-electron chi connectivity index (χ4n) is 2.25. The fourth-order valence-corrected chi connectivity index (χ4v) is 2.25. The van der Waals surface area contributed by atoms with Gasteiger partial charge in [-0.15, -0.1) is 13.2 Å². The minimum absolute atomic E-state index is 0.187. The zero-order valence-corrected chi connectivity index (χ0v) is 11.4. The number of halogens is 3. The minimum atomic E-state index is -4.73. The van der Waals surface area contributed by atoms with Crippen LogP contribution < -0.4 is 10.5 Å². The molecule has 1 amide bonds. The van der Waals surface area contributed by atoms with Crippen molar-refractivity contribution in [3.8, 4) is 5.75 Å². The lowest BCUT2D eigenvalue weighted by Crippen LogP contribution is -2.46. The Morgan fingerprint density at radius 2 is 1.90 bits per heavy atom. The SMILES string of the molecule is NCCN(C(=O)c1ccc(OC(F)(F)F)cc1)C1CCC1. The van der Waals surface area contributed by atoms with Crippen LogP contribution in [0.15, 0.2) is 24.3 Å². The van der Waals surface area contributed by atoms with Gasteiger partial charge in [-0.25, -0.2) is 0 Å². The molecule has 0 spiro atoms. The van der Waals surface area contributed by atoms with Gasteiger partial charge in [0.2, 0.25) is 0 Å². The summed E-state index contributed by atoms with van der Waals surface area (Å²) in [4.78, 5) is 14.1. The summed E-state index contributed by atoms with van der Waals surface area (Å²) in [6.45, 7) is 0.807. The van der Waals surface area contributed by atoms with Crippen molar-refractivity contribution in [2.45, 2.75) is 31.7 Å². The summed E-state index contributed by atoms with van der Waals surface area (Å²) < 4.78 is 40.0. The molecule has 0 bridgehead atoms. The second-order valence-corrected chi connectivity index (χ2v) is 4.94. The molecule has 0 radical (unpaired) electrons. The third-order valence-corrected chi connectivity index (χ3v) is 3.48. The number of amides is 1. The van der Waals surface area contributed by atoms with Gasteiger partial charge in [0.15, 0.2) is 0 Å². The van der Waals surface area contributed by atoms with E-state index in [0.717, 1.165) is 31.4 Å². The van der Waals surface area contributed by atoms with Crippen LogP contribution in [0.5, 0.6) is 5.75 Å². The molecule has 0 aliphatic heterocycles. The van der Waals surface area contributed by atoms with Crippen LogP contribution in [-0.2, 0) is 0 Å². The van der Waals surface area contributed by atoms with Crippen molar-refractivity contribution in [3.05, 3.63) is 29.8 Å². The van der Waals surface area contributed by atoms with E-state index >= 15 is 0 Å². The maximum absolute atomic E-state index is 12.4. The number of carbonyl (C=O) groups is 1. The highest BCUT2D eigenvalue weighted by molar-refractivity contribution is 5.94. The predicted molar refractivity (Wildman–Crippen MR) is 70.9 cm³/mol. The van der Waals surface area contributed by atoms with Gasteiger partial charge >= 0.3 is 6.36 Å². The highest BCUT2D eigenvalue weighted by atomic mass is 19.4. The zero-order chi connectivity index (χ0) is 15.5. The Morgan fingerprint density at radius 3 is 2.33 bits per heavy atom. The molecular weight excluding hydrogens is 285 g/mol. The smallest absolute Gasteiger partial charge is 0.406 e. The van der Waals surface area contributed by atoms with Crippen LogP contribution >= 0.6 is 0 Å². The summed E-state index contributed by atoms with van der Waals surface area (Å²) in [5, 5.41) is 0. The van der Waals surface area contributed by atoms with Crippen molar-refractivity contribution in [2.24, 2.45) is 5.73 Å². The number of nitrogens with two attached hydrogens (primary N) is 1. The molecule has 0 aromatic heterocycles. The van der Waals surface area contributed by atoms with E-state index in [4.69, 9.17) is 5.73 Å². The maximum Gasteiger partial charge on any atom is 0.573 e. The Morgan fingerprint density at radius 1 is 1.29 bits per heavy atom. The normalized spacial score (nSPS) is 15.4. The zero-order valence-electron chi connectivity index (χ0n) is 11.4. The van der Waals surface area contributed by atoms with Crippen molar-refractivity contribution in [3.63, 3.8) is 0 Å². The standard InChI is InChI=1S/C14H17F3N2O2/c15-14(16,17)21-12-6-4-10(5-7-12)13(20)19(9-8-18)11-2-1-3-11/h4-7,11H,1-3,8-9,18H2. The number of benzene rings is 1. The third kappa shape index (κ3) is 4.10. The average Bonchev–Trinajstić information content (AvgIpc) is 2.34. The first-order chi connectivity index (χ1) is 9.90. The van der Waals surface area contributed by atoms with Crippen LogP contribution in [-0.4, -0.2) is 36.3 Å². The predicted octanol–water partition coefficient (Wildman–Crippen LogP) is 2.54. The average molecular weight is 302 g/mol. The van der Waals surface area contributed by atoms with Gasteiger partial charge in [0.05, 0.1) is 0 Å². The van der Waals surface area contributed by atoms with Gasteiger partial charge < -0.3 is 15.4 Å². The Hall–Kier alpha value is -1.76. The van der Waals surface area contributed by atoms with Gasteiger partial charge in [0.25, 0.3) is 5.91 Å². The summed E-state index contributed by atoms with van der Waals surface area (Å²) in [5.41, 5.74) is 5.85. The molecule has 1 fully saturated rings. The maximum atomic E-state index is 12.4. The van der Waals surface area contributed by atoms with Gasteiger partial charge in [-0.05, 0) is 43.5 Å². The van der Waals surface area contributed by atoms with Crippen LogP contribution in [0.2, 0.25) is 0 Å². The van der Waals surface area contributed by atoms with Gasteiger partial charge in [0.1, 0.15) is 5.75 Å². The molecule has 1 aromatic carbocycles. The van der Waals surface area contributed by atoms with Gasteiger partial charge in [0, 0.05) is 24.7 Å². The molecule has 0 saturated heterocycles. The fraction of sp³-hybridized carbons (Fsp3) is 0.500. The van der Waals surface area contributed by atoms with E-state index in [-0.39, 0.29) is 17.7 Å². The lowest BCUT2D eigenvalue weighted by atomic mass is 9.91. The monoisotopic (exact) mass is 302 g/mol. The summed E-state index contributed by atoms with van der Waals surface area (Å²) in [6, 6.07) is 5.15. The topological polar surface area (TPSA) is 55.6 Å². The molecule has 2 N–H and O–H groups in total. The number of alkyl halides is 3. The Bertz CT molecular complexity index is 484. The lowest BCUT2D eigenvalue weighted by molar-refractivity contribution is -0.274. The highest BCUT2D eigenvalue weighted by Gasteiger charge is 2.31. The Balaban J connectivity index is 2.07. The Kier molecular flexibility index (Phi) is 4.72. The first kappa shape index (κ1) is 15.6. The molecular formula is C14H17F3N2O2.